The lowest BCUT2D eigenvalue weighted by atomic mass is 10.2. The van der Waals surface area contributed by atoms with Gasteiger partial charge in [0.05, 0.1) is 12.2 Å². The molecule has 0 bridgehead atoms. The minimum atomic E-state index is -0.240. The molecule has 0 amide bonds. The molecule has 0 atom stereocenters. The zero-order chi connectivity index (χ0) is 18.9. The molecule has 0 unspecified atom stereocenters. The van der Waals surface area contributed by atoms with E-state index in [-0.39, 0.29) is 5.82 Å². The van der Waals surface area contributed by atoms with Crippen LogP contribution in [0.25, 0.3) is 0 Å². The molecule has 140 valence electrons. The van der Waals surface area contributed by atoms with E-state index >= 15 is 0 Å². The Labute approximate surface area is 159 Å². The molecule has 2 rings (SSSR count). The zero-order valence-electron chi connectivity index (χ0n) is 15.4. The average molecular weight is 378 g/mol. The van der Waals surface area contributed by atoms with E-state index in [4.69, 9.17) is 11.6 Å². The summed E-state index contributed by atoms with van der Waals surface area (Å²) in [4.78, 5) is 10.3. The number of benzene rings is 1. The Kier molecular flexibility index (Phi) is 7.66. The van der Waals surface area contributed by atoms with Crippen molar-refractivity contribution in [3.05, 3.63) is 58.6 Å². The number of guanidine groups is 1. The minimum Gasteiger partial charge on any atom is -0.375 e. The summed E-state index contributed by atoms with van der Waals surface area (Å²) in [6.07, 6.45) is 2.57. The van der Waals surface area contributed by atoms with Crippen molar-refractivity contribution in [1.29, 1.82) is 0 Å². The third kappa shape index (κ3) is 6.19. The normalized spacial score (nSPS) is 11.3. The summed E-state index contributed by atoms with van der Waals surface area (Å²) in [6, 6.07) is 8.93. The molecule has 0 aliphatic carbocycles. The van der Waals surface area contributed by atoms with Gasteiger partial charge in [0.1, 0.15) is 11.0 Å². The third-order valence-electron chi connectivity index (χ3n) is 3.75. The van der Waals surface area contributed by atoms with Crippen molar-refractivity contribution in [1.82, 2.24) is 15.6 Å². The van der Waals surface area contributed by atoms with Crippen LogP contribution in [0.3, 0.4) is 0 Å². The van der Waals surface area contributed by atoms with E-state index in [9.17, 15) is 4.39 Å². The first-order valence-corrected chi connectivity index (χ1v) is 8.95. The Morgan fingerprint density at radius 2 is 1.96 bits per heavy atom. The number of rotatable bonds is 7. The molecular formula is C19H25ClFN5. The van der Waals surface area contributed by atoms with E-state index in [0.717, 1.165) is 24.1 Å². The quantitative estimate of drug-likeness (QED) is 0.442. The van der Waals surface area contributed by atoms with Crippen molar-refractivity contribution >= 4 is 23.2 Å². The van der Waals surface area contributed by atoms with E-state index in [0.29, 0.717) is 29.9 Å². The van der Waals surface area contributed by atoms with Gasteiger partial charge in [-0.1, -0.05) is 23.7 Å². The highest BCUT2D eigenvalue weighted by molar-refractivity contribution is 6.29. The lowest BCUT2D eigenvalue weighted by Gasteiger charge is -2.14. The molecule has 1 aromatic carbocycles. The van der Waals surface area contributed by atoms with Crippen LogP contribution in [0.2, 0.25) is 5.15 Å². The Hall–Kier alpha value is -2.34. The van der Waals surface area contributed by atoms with Crippen LogP contribution >= 0.6 is 11.6 Å². The van der Waals surface area contributed by atoms with E-state index in [1.165, 1.54) is 6.07 Å². The van der Waals surface area contributed by atoms with Gasteiger partial charge in [-0.25, -0.2) is 14.4 Å². The summed E-state index contributed by atoms with van der Waals surface area (Å²) in [5.74, 6) is 0.461. The first-order valence-electron chi connectivity index (χ1n) is 8.58. The van der Waals surface area contributed by atoms with Gasteiger partial charge in [-0.05, 0) is 42.7 Å². The second kappa shape index (κ2) is 9.97. The summed E-state index contributed by atoms with van der Waals surface area (Å²) in [6.45, 7) is 3.87. The molecule has 0 saturated heterocycles. The number of halogens is 2. The van der Waals surface area contributed by atoms with E-state index in [2.05, 4.69) is 20.6 Å². The molecule has 0 aliphatic heterocycles. The van der Waals surface area contributed by atoms with Crippen LogP contribution in [0, 0.1) is 5.82 Å². The highest BCUT2D eigenvalue weighted by atomic mass is 35.5. The maximum atomic E-state index is 14.1. The maximum absolute atomic E-state index is 14.1. The van der Waals surface area contributed by atoms with Gasteiger partial charge in [-0.2, -0.15) is 0 Å². The second-order valence-corrected chi connectivity index (χ2v) is 6.43. The number of hydrogen-bond donors (Lipinski definition) is 2. The summed E-state index contributed by atoms with van der Waals surface area (Å²) in [5.41, 5.74) is 2.49. The van der Waals surface area contributed by atoms with Crippen molar-refractivity contribution in [2.75, 3.05) is 32.1 Å². The largest absolute Gasteiger partial charge is 0.375 e. The number of hydrogen-bond acceptors (Lipinski definition) is 3. The summed E-state index contributed by atoms with van der Waals surface area (Å²) in [7, 11) is 3.64. The van der Waals surface area contributed by atoms with Crippen LogP contribution in [0.1, 0.15) is 18.1 Å². The molecular weight excluding hydrogens is 353 g/mol. The van der Waals surface area contributed by atoms with E-state index < -0.39 is 0 Å². The van der Waals surface area contributed by atoms with Crippen LogP contribution in [-0.2, 0) is 13.0 Å². The topological polar surface area (TPSA) is 52.6 Å². The molecule has 26 heavy (non-hydrogen) atoms. The van der Waals surface area contributed by atoms with Crippen LogP contribution < -0.4 is 15.5 Å². The standard InChI is InChI=1S/C19H25ClFN5/c1-4-22-19(23-10-9-14-6-8-18(20)24-12-14)25-13-15-5-7-17(26(2)3)16(21)11-15/h5-8,11-12H,4,9-10,13H2,1-3H3,(H2,22,23,25). The fourth-order valence-corrected chi connectivity index (χ4v) is 2.51. The summed E-state index contributed by atoms with van der Waals surface area (Å²) >= 11 is 5.79. The third-order valence-corrected chi connectivity index (χ3v) is 3.98. The first kappa shape index (κ1) is 20.0. The first-order chi connectivity index (χ1) is 12.5. The van der Waals surface area contributed by atoms with Crippen molar-refractivity contribution < 1.29 is 4.39 Å². The fourth-order valence-electron chi connectivity index (χ4n) is 2.40. The van der Waals surface area contributed by atoms with Gasteiger partial charge in [0.2, 0.25) is 0 Å². The molecule has 2 N–H and O–H groups in total. The Morgan fingerprint density at radius 3 is 2.58 bits per heavy atom. The lowest BCUT2D eigenvalue weighted by Crippen LogP contribution is -2.38. The monoisotopic (exact) mass is 377 g/mol. The maximum Gasteiger partial charge on any atom is 0.191 e. The molecule has 0 spiro atoms. The second-order valence-electron chi connectivity index (χ2n) is 6.04. The van der Waals surface area contributed by atoms with Gasteiger partial charge in [-0.15, -0.1) is 0 Å². The molecule has 1 aromatic heterocycles. The van der Waals surface area contributed by atoms with E-state index in [1.807, 2.05) is 33.2 Å². The van der Waals surface area contributed by atoms with Crippen molar-refractivity contribution in [2.45, 2.75) is 19.9 Å². The number of aromatic nitrogens is 1. The van der Waals surface area contributed by atoms with Crippen LogP contribution in [-0.4, -0.2) is 38.1 Å². The highest BCUT2D eigenvalue weighted by Crippen LogP contribution is 2.18. The molecule has 5 nitrogen and oxygen atoms in total. The zero-order valence-corrected chi connectivity index (χ0v) is 16.1. The molecule has 0 aliphatic rings. The van der Waals surface area contributed by atoms with Gasteiger partial charge in [0, 0.05) is 33.4 Å². The molecule has 2 aromatic rings. The smallest absolute Gasteiger partial charge is 0.191 e. The van der Waals surface area contributed by atoms with Crippen molar-refractivity contribution in [3.63, 3.8) is 0 Å². The molecule has 7 heteroatoms. The van der Waals surface area contributed by atoms with Crippen LogP contribution in [0.15, 0.2) is 41.5 Å². The minimum absolute atomic E-state index is 0.240. The van der Waals surface area contributed by atoms with E-state index in [1.54, 1.807) is 23.2 Å². The molecule has 0 radical (unpaired) electrons. The van der Waals surface area contributed by atoms with Gasteiger partial charge in [0.25, 0.3) is 0 Å². The number of aliphatic imine (C=N–C) groups is 1. The van der Waals surface area contributed by atoms with Crippen LogP contribution in [0.5, 0.6) is 0 Å². The number of pyridine rings is 1. The SMILES string of the molecule is CCNC(=NCc1ccc(N(C)C)c(F)c1)NCCc1ccc(Cl)nc1. The Balaban J connectivity index is 1.93. The van der Waals surface area contributed by atoms with Crippen molar-refractivity contribution in [2.24, 2.45) is 4.99 Å². The lowest BCUT2D eigenvalue weighted by molar-refractivity contribution is 0.624. The summed E-state index contributed by atoms with van der Waals surface area (Å²) in [5, 5.41) is 6.96. The molecule has 0 fully saturated rings. The average Bonchev–Trinajstić information content (AvgIpc) is 2.61. The van der Waals surface area contributed by atoms with Gasteiger partial charge in [0.15, 0.2) is 5.96 Å². The fraction of sp³-hybridized carbons (Fsp3) is 0.368. The van der Waals surface area contributed by atoms with Crippen LogP contribution in [0.4, 0.5) is 10.1 Å². The highest BCUT2D eigenvalue weighted by Gasteiger charge is 2.05. The number of nitrogens with one attached hydrogen (secondary N) is 2. The predicted octanol–water partition coefficient (Wildman–Crippen LogP) is 3.24. The Morgan fingerprint density at radius 1 is 1.19 bits per heavy atom. The predicted molar refractivity (Wildman–Crippen MR) is 106 cm³/mol. The van der Waals surface area contributed by atoms with Gasteiger partial charge < -0.3 is 15.5 Å². The van der Waals surface area contributed by atoms with Gasteiger partial charge >= 0.3 is 0 Å². The molecule has 1 heterocycles. The van der Waals surface area contributed by atoms with Gasteiger partial charge in [-0.3, -0.25) is 0 Å². The Bertz CT molecular complexity index is 731. The van der Waals surface area contributed by atoms with Crippen molar-refractivity contribution in [3.8, 4) is 0 Å². The summed E-state index contributed by atoms with van der Waals surface area (Å²) < 4.78 is 14.1. The number of nitrogens with zero attached hydrogens (tertiary/aromatic N) is 3. The molecule has 0 saturated carbocycles. The number of anilines is 1.